The first-order valence-electron chi connectivity index (χ1n) is 7.06. The van der Waals surface area contributed by atoms with Gasteiger partial charge in [0, 0.05) is 32.4 Å². The summed E-state index contributed by atoms with van der Waals surface area (Å²) in [6.07, 6.45) is 2.71. The molecule has 0 radical (unpaired) electrons. The summed E-state index contributed by atoms with van der Waals surface area (Å²) in [5.41, 5.74) is 2.65. The van der Waals surface area contributed by atoms with Crippen molar-refractivity contribution in [3.63, 3.8) is 0 Å². The third-order valence-electron chi connectivity index (χ3n) is 4.16. The van der Waals surface area contributed by atoms with Crippen molar-refractivity contribution < 1.29 is 0 Å². The summed E-state index contributed by atoms with van der Waals surface area (Å²) in [7, 11) is 4.15. The summed E-state index contributed by atoms with van der Waals surface area (Å²) in [4.78, 5) is 2.14. The van der Waals surface area contributed by atoms with Gasteiger partial charge in [-0.1, -0.05) is 26.0 Å². The number of hydrogen-bond donors (Lipinski definition) is 1. The molecule has 0 saturated heterocycles. The first-order valence-corrected chi connectivity index (χ1v) is 7.06. The molecular weight excluding hydrogens is 220 g/mol. The van der Waals surface area contributed by atoms with E-state index in [4.69, 9.17) is 0 Å². The first kappa shape index (κ1) is 13.4. The van der Waals surface area contributed by atoms with Gasteiger partial charge in [-0.3, -0.25) is 0 Å². The molecule has 1 aromatic rings. The number of nitrogens with one attached hydrogen (secondary N) is 1. The van der Waals surface area contributed by atoms with Crippen molar-refractivity contribution in [3.05, 3.63) is 29.8 Å². The third kappa shape index (κ3) is 3.26. The summed E-state index contributed by atoms with van der Waals surface area (Å²) < 4.78 is 0. The summed E-state index contributed by atoms with van der Waals surface area (Å²) in [5.74, 6) is 1.79. The lowest BCUT2D eigenvalue weighted by atomic mass is 9.73. The van der Waals surface area contributed by atoms with Gasteiger partial charge in [0.25, 0.3) is 0 Å². The summed E-state index contributed by atoms with van der Waals surface area (Å²) in [5, 5.41) is 3.66. The highest BCUT2D eigenvalue weighted by Gasteiger charge is 2.30. The first-order chi connectivity index (χ1) is 8.56. The zero-order chi connectivity index (χ0) is 13.1. The van der Waals surface area contributed by atoms with Crippen molar-refractivity contribution in [2.24, 2.45) is 11.8 Å². The van der Waals surface area contributed by atoms with E-state index in [1.165, 1.54) is 24.1 Å². The van der Waals surface area contributed by atoms with Crippen LogP contribution in [0.4, 0.5) is 5.69 Å². The molecule has 1 aromatic carbocycles. The maximum absolute atomic E-state index is 3.66. The van der Waals surface area contributed by atoms with E-state index in [2.05, 4.69) is 62.4 Å². The van der Waals surface area contributed by atoms with Crippen molar-refractivity contribution in [2.45, 2.75) is 39.3 Å². The van der Waals surface area contributed by atoms with E-state index in [9.17, 15) is 0 Å². The molecule has 2 rings (SSSR count). The minimum Gasteiger partial charge on any atom is -0.378 e. The SMILES string of the molecule is CC(C)C1CC(NCc2ccc(N(C)C)cc2)C1. The Balaban J connectivity index is 1.74. The highest BCUT2D eigenvalue weighted by Crippen LogP contribution is 2.33. The van der Waals surface area contributed by atoms with Gasteiger partial charge >= 0.3 is 0 Å². The van der Waals surface area contributed by atoms with Gasteiger partial charge < -0.3 is 10.2 Å². The zero-order valence-electron chi connectivity index (χ0n) is 12.1. The Kier molecular flexibility index (Phi) is 4.28. The van der Waals surface area contributed by atoms with E-state index in [-0.39, 0.29) is 0 Å². The fourth-order valence-electron chi connectivity index (χ4n) is 2.55. The number of nitrogens with zero attached hydrogens (tertiary/aromatic N) is 1. The van der Waals surface area contributed by atoms with Crippen LogP contribution in [0.2, 0.25) is 0 Å². The molecule has 1 N–H and O–H groups in total. The molecule has 0 aliphatic heterocycles. The predicted molar refractivity (Wildman–Crippen MR) is 79.0 cm³/mol. The van der Waals surface area contributed by atoms with E-state index in [0.29, 0.717) is 0 Å². The van der Waals surface area contributed by atoms with E-state index in [1.54, 1.807) is 0 Å². The fourth-order valence-corrected chi connectivity index (χ4v) is 2.55. The van der Waals surface area contributed by atoms with Gasteiger partial charge in [0.2, 0.25) is 0 Å². The van der Waals surface area contributed by atoms with Gasteiger partial charge in [0.05, 0.1) is 0 Å². The molecule has 0 unspecified atom stereocenters. The largest absolute Gasteiger partial charge is 0.378 e. The van der Waals surface area contributed by atoms with E-state index in [0.717, 1.165) is 24.4 Å². The highest BCUT2D eigenvalue weighted by molar-refractivity contribution is 5.45. The standard InChI is InChI=1S/C16H26N2/c1-12(2)14-9-15(10-14)17-11-13-5-7-16(8-6-13)18(3)4/h5-8,12,14-15,17H,9-11H2,1-4H3. The molecule has 2 heteroatoms. The lowest BCUT2D eigenvalue weighted by molar-refractivity contribution is 0.167. The summed E-state index contributed by atoms with van der Waals surface area (Å²) in [6, 6.07) is 9.57. The Morgan fingerprint density at radius 2 is 1.78 bits per heavy atom. The van der Waals surface area contributed by atoms with Gasteiger partial charge in [-0.2, -0.15) is 0 Å². The average Bonchev–Trinajstić information content (AvgIpc) is 2.27. The fraction of sp³-hybridized carbons (Fsp3) is 0.625. The zero-order valence-corrected chi connectivity index (χ0v) is 12.1. The number of benzene rings is 1. The lowest BCUT2D eigenvalue weighted by Crippen LogP contribution is -2.42. The molecule has 0 bridgehead atoms. The molecule has 0 amide bonds. The van der Waals surface area contributed by atoms with Crippen LogP contribution in [0.3, 0.4) is 0 Å². The second kappa shape index (κ2) is 5.75. The molecule has 1 fully saturated rings. The molecule has 0 atom stereocenters. The number of hydrogen-bond acceptors (Lipinski definition) is 2. The van der Waals surface area contributed by atoms with Crippen LogP contribution < -0.4 is 10.2 Å². The second-order valence-electron chi connectivity index (χ2n) is 6.11. The molecule has 0 spiro atoms. The minimum atomic E-state index is 0.742. The molecule has 18 heavy (non-hydrogen) atoms. The quantitative estimate of drug-likeness (QED) is 0.857. The highest BCUT2D eigenvalue weighted by atomic mass is 15.1. The molecule has 0 aromatic heterocycles. The van der Waals surface area contributed by atoms with E-state index >= 15 is 0 Å². The lowest BCUT2D eigenvalue weighted by Gasteiger charge is -2.38. The maximum Gasteiger partial charge on any atom is 0.0361 e. The van der Waals surface area contributed by atoms with Gasteiger partial charge in [-0.05, 0) is 42.4 Å². The number of anilines is 1. The molecule has 100 valence electrons. The summed E-state index contributed by atoms with van der Waals surface area (Å²) in [6.45, 7) is 5.67. The van der Waals surface area contributed by atoms with Crippen molar-refractivity contribution in [1.29, 1.82) is 0 Å². The maximum atomic E-state index is 3.66. The van der Waals surface area contributed by atoms with Crippen LogP contribution in [0.25, 0.3) is 0 Å². The Morgan fingerprint density at radius 1 is 1.17 bits per heavy atom. The smallest absolute Gasteiger partial charge is 0.0361 e. The Labute approximate surface area is 111 Å². The minimum absolute atomic E-state index is 0.742. The normalized spacial score (nSPS) is 22.9. The van der Waals surface area contributed by atoms with Gasteiger partial charge in [-0.25, -0.2) is 0 Å². The van der Waals surface area contributed by atoms with Crippen molar-refractivity contribution >= 4 is 5.69 Å². The van der Waals surface area contributed by atoms with Crippen molar-refractivity contribution in [1.82, 2.24) is 5.32 Å². The molecular formula is C16H26N2. The van der Waals surface area contributed by atoms with Crippen molar-refractivity contribution in [2.75, 3.05) is 19.0 Å². The predicted octanol–water partition coefficient (Wildman–Crippen LogP) is 3.28. The van der Waals surface area contributed by atoms with Crippen LogP contribution in [0.15, 0.2) is 24.3 Å². The van der Waals surface area contributed by atoms with Crippen LogP contribution in [0.1, 0.15) is 32.3 Å². The Bertz CT molecular complexity index is 361. The monoisotopic (exact) mass is 246 g/mol. The second-order valence-corrected chi connectivity index (χ2v) is 6.11. The molecule has 1 saturated carbocycles. The van der Waals surface area contributed by atoms with Crippen LogP contribution in [0, 0.1) is 11.8 Å². The molecule has 1 aliphatic rings. The molecule has 2 nitrogen and oxygen atoms in total. The van der Waals surface area contributed by atoms with E-state index in [1.807, 2.05) is 0 Å². The summed E-state index contributed by atoms with van der Waals surface area (Å²) >= 11 is 0. The van der Waals surface area contributed by atoms with Crippen molar-refractivity contribution in [3.8, 4) is 0 Å². The Morgan fingerprint density at radius 3 is 2.28 bits per heavy atom. The number of rotatable bonds is 5. The van der Waals surface area contributed by atoms with Crippen LogP contribution in [0.5, 0.6) is 0 Å². The van der Waals surface area contributed by atoms with Crippen LogP contribution in [-0.2, 0) is 6.54 Å². The molecule has 0 heterocycles. The topological polar surface area (TPSA) is 15.3 Å². The average molecular weight is 246 g/mol. The third-order valence-corrected chi connectivity index (χ3v) is 4.16. The Hall–Kier alpha value is -1.02. The van der Waals surface area contributed by atoms with Crippen LogP contribution in [-0.4, -0.2) is 20.1 Å². The van der Waals surface area contributed by atoms with Crippen LogP contribution >= 0.6 is 0 Å². The van der Waals surface area contributed by atoms with Gasteiger partial charge in [0.15, 0.2) is 0 Å². The van der Waals surface area contributed by atoms with E-state index < -0.39 is 0 Å². The molecule has 1 aliphatic carbocycles. The van der Waals surface area contributed by atoms with Gasteiger partial charge in [-0.15, -0.1) is 0 Å². The van der Waals surface area contributed by atoms with Gasteiger partial charge in [0.1, 0.15) is 0 Å².